The first-order valence-electron chi connectivity index (χ1n) is 7.95. The summed E-state index contributed by atoms with van der Waals surface area (Å²) in [4.78, 5) is 26.1. The van der Waals surface area contributed by atoms with E-state index in [1.807, 2.05) is 4.90 Å². The van der Waals surface area contributed by atoms with Gasteiger partial charge in [0.25, 0.3) is 0 Å². The highest BCUT2D eigenvalue weighted by molar-refractivity contribution is 5.81. The van der Waals surface area contributed by atoms with E-state index in [0.29, 0.717) is 11.8 Å². The molecule has 112 valence electrons. The lowest BCUT2D eigenvalue weighted by Gasteiger charge is -2.38. The van der Waals surface area contributed by atoms with Crippen LogP contribution in [0.2, 0.25) is 0 Å². The number of nitrogens with one attached hydrogen (secondary N) is 2. The van der Waals surface area contributed by atoms with Crippen molar-refractivity contribution in [3.8, 4) is 0 Å². The van der Waals surface area contributed by atoms with Crippen molar-refractivity contribution < 1.29 is 9.59 Å². The number of hydrogen-bond donors (Lipinski definition) is 2. The second-order valence-corrected chi connectivity index (χ2v) is 6.59. The number of likely N-dealkylation sites (tertiary alicyclic amines) is 1. The van der Waals surface area contributed by atoms with Gasteiger partial charge in [0, 0.05) is 31.0 Å². The van der Waals surface area contributed by atoms with Gasteiger partial charge in [-0.2, -0.15) is 0 Å². The molecule has 1 atom stereocenters. The van der Waals surface area contributed by atoms with Crippen molar-refractivity contribution in [1.29, 1.82) is 0 Å². The van der Waals surface area contributed by atoms with E-state index in [2.05, 4.69) is 17.6 Å². The van der Waals surface area contributed by atoms with Gasteiger partial charge in [-0.1, -0.05) is 6.92 Å². The van der Waals surface area contributed by atoms with Crippen molar-refractivity contribution >= 4 is 11.8 Å². The second kappa shape index (κ2) is 5.72. The fraction of sp³-hybridized carbons (Fsp3) is 0.867. The molecule has 3 fully saturated rings. The van der Waals surface area contributed by atoms with E-state index in [1.54, 1.807) is 0 Å². The number of amides is 2. The number of piperidine rings is 1. The molecule has 3 aliphatic rings. The van der Waals surface area contributed by atoms with Crippen molar-refractivity contribution in [2.45, 2.75) is 38.6 Å². The van der Waals surface area contributed by atoms with Crippen LogP contribution in [0.3, 0.4) is 0 Å². The van der Waals surface area contributed by atoms with Crippen LogP contribution in [0.25, 0.3) is 0 Å². The number of hydrogen-bond acceptors (Lipinski definition) is 3. The van der Waals surface area contributed by atoms with Crippen LogP contribution in [0, 0.1) is 17.8 Å². The quantitative estimate of drug-likeness (QED) is 0.781. The molecule has 2 saturated heterocycles. The van der Waals surface area contributed by atoms with Crippen molar-refractivity contribution in [2.75, 3.05) is 26.2 Å². The van der Waals surface area contributed by atoms with Crippen LogP contribution in [-0.2, 0) is 9.59 Å². The second-order valence-electron chi connectivity index (χ2n) is 6.59. The van der Waals surface area contributed by atoms with E-state index in [-0.39, 0.29) is 23.8 Å². The summed E-state index contributed by atoms with van der Waals surface area (Å²) in [7, 11) is 0. The third-order valence-corrected chi connectivity index (χ3v) is 5.01. The molecule has 0 aromatic carbocycles. The standard InChI is InChI=1S/C15H25N3O2/c1-10(12-8-16-9-12)15(20)18-6-4-13(5-7-18)17-14(19)11-2-3-11/h10-13,16H,2-9H2,1H3,(H,17,19). The molecule has 2 amide bonds. The summed E-state index contributed by atoms with van der Waals surface area (Å²) in [6, 6.07) is 0.271. The molecule has 0 bridgehead atoms. The zero-order chi connectivity index (χ0) is 14.1. The molecule has 1 unspecified atom stereocenters. The first-order chi connectivity index (χ1) is 9.65. The van der Waals surface area contributed by atoms with Crippen LogP contribution in [0.1, 0.15) is 32.6 Å². The topological polar surface area (TPSA) is 61.4 Å². The summed E-state index contributed by atoms with van der Waals surface area (Å²) in [5, 5.41) is 6.35. The average molecular weight is 279 g/mol. The Kier molecular flexibility index (Phi) is 3.96. The monoisotopic (exact) mass is 279 g/mol. The first-order valence-corrected chi connectivity index (χ1v) is 7.95. The number of carbonyl (C=O) groups is 2. The molecular formula is C15H25N3O2. The first kappa shape index (κ1) is 13.9. The Hall–Kier alpha value is -1.10. The molecule has 3 rings (SSSR count). The van der Waals surface area contributed by atoms with Gasteiger partial charge in [0.2, 0.25) is 11.8 Å². The summed E-state index contributed by atoms with van der Waals surface area (Å²) in [6.07, 6.45) is 3.91. The lowest BCUT2D eigenvalue weighted by molar-refractivity contribution is -0.138. The van der Waals surface area contributed by atoms with Gasteiger partial charge in [-0.25, -0.2) is 0 Å². The smallest absolute Gasteiger partial charge is 0.225 e. The molecule has 5 heteroatoms. The molecule has 0 aromatic heterocycles. The average Bonchev–Trinajstić information content (AvgIpc) is 3.21. The van der Waals surface area contributed by atoms with Crippen LogP contribution in [0.5, 0.6) is 0 Å². The van der Waals surface area contributed by atoms with E-state index in [0.717, 1.165) is 51.9 Å². The fourth-order valence-electron chi connectivity index (χ4n) is 3.06. The minimum absolute atomic E-state index is 0.133. The lowest BCUT2D eigenvalue weighted by atomic mass is 9.87. The van der Waals surface area contributed by atoms with Gasteiger partial charge in [0.05, 0.1) is 0 Å². The number of carbonyl (C=O) groups excluding carboxylic acids is 2. The Balaban J connectivity index is 1.42. The van der Waals surface area contributed by atoms with E-state index < -0.39 is 0 Å². The predicted octanol–water partition coefficient (Wildman–Crippen LogP) is 0.359. The normalized spacial score (nSPS) is 25.9. The highest BCUT2D eigenvalue weighted by Gasteiger charge is 2.35. The van der Waals surface area contributed by atoms with Gasteiger partial charge in [-0.15, -0.1) is 0 Å². The van der Waals surface area contributed by atoms with E-state index in [1.165, 1.54) is 0 Å². The van der Waals surface area contributed by atoms with E-state index in [4.69, 9.17) is 0 Å². The largest absolute Gasteiger partial charge is 0.353 e. The highest BCUT2D eigenvalue weighted by Crippen LogP contribution is 2.29. The van der Waals surface area contributed by atoms with Crippen LogP contribution in [-0.4, -0.2) is 48.9 Å². The molecule has 1 saturated carbocycles. The molecule has 1 aliphatic carbocycles. The SMILES string of the molecule is CC(C(=O)N1CCC(NC(=O)C2CC2)CC1)C1CNC1. The number of nitrogens with zero attached hydrogens (tertiary/aromatic N) is 1. The molecular weight excluding hydrogens is 254 g/mol. The minimum atomic E-state index is 0.133. The Morgan fingerprint density at radius 2 is 1.80 bits per heavy atom. The minimum Gasteiger partial charge on any atom is -0.353 e. The Morgan fingerprint density at radius 1 is 1.15 bits per heavy atom. The molecule has 2 N–H and O–H groups in total. The summed E-state index contributed by atoms with van der Waals surface area (Å²) < 4.78 is 0. The van der Waals surface area contributed by atoms with Gasteiger partial charge in [-0.05, 0) is 44.7 Å². The zero-order valence-corrected chi connectivity index (χ0v) is 12.2. The number of rotatable bonds is 4. The third kappa shape index (κ3) is 2.97. The molecule has 20 heavy (non-hydrogen) atoms. The molecule has 0 aromatic rings. The van der Waals surface area contributed by atoms with E-state index >= 15 is 0 Å². The maximum absolute atomic E-state index is 12.4. The summed E-state index contributed by atoms with van der Waals surface area (Å²) in [5.74, 6) is 1.44. The maximum atomic E-state index is 12.4. The van der Waals surface area contributed by atoms with Crippen LogP contribution in [0.4, 0.5) is 0 Å². The van der Waals surface area contributed by atoms with Crippen LogP contribution < -0.4 is 10.6 Å². The summed E-state index contributed by atoms with van der Waals surface area (Å²) >= 11 is 0. The molecule has 2 heterocycles. The van der Waals surface area contributed by atoms with Gasteiger partial charge >= 0.3 is 0 Å². The van der Waals surface area contributed by atoms with Crippen molar-refractivity contribution in [3.63, 3.8) is 0 Å². The lowest BCUT2D eigenvalue weighted by Crippen LogP contribution is -2.53. The van der Waals surface area contributed by atoms with Gasteiger partial charge in [-0.3, -0.25) is 9.59 Å². The molecule has 5 nitrogen and oxygen atoms in total. The van der Waals surface area contributed by atoms with Gasteiger partial charge in [0.1, 0.15) is 0 Å². The van der Waals surface area contributed by atoms with Gasteiger partial charge < -0.3 is 15.5 Å². The van der Waals surface area contributed by atoms with Crippen LogP contribution in [0.15, 0.2) is 0 Å². The molecule has 2 aliphatic heterocycles. The third-order valence-electron chi connectivity index (χ3n) is 5.01. The Labute approximate surface area is 120 Å². The van der Waals surface area contributed by atoms with E-state index in [9.17, 15) is 9.59 Å². The highest BCUT2D eigenvalue weighted by atomic mass is 16.2. The molecule has 0 spiro atoms. The van der Waals surface area contributed by atoms with Crippen molar-refractivity contribution in [2.24, 2.45) is 17.8 Å². The van der Waals surface area contributed by atoms with Crippen LogP contribution >= 0.6 is 0 Å². The Bertz CT molecular complexity index is 383. The summed E-state index contributed by atoms with van der Waals surface area (Å²) in [6.45, 7) is 5.58. The van der Waals surface area contributed by atoms with Crippen molar-refractivity contribution in [3.05, 3.63) is 0 Å². The maximum Gasteiger partial charge on any atom is 0.225 e. The zero-order valence-electron chi connectivity index (χ0n) is 12.2. The van der Waals surface area contributed by atoms with Crippen molar-refractivity contribution in [1.82, 2.24) is 15.5 Å². The Morgan fingerprint density at radius 3 is 2.30 bits per heavy atom. The predicted molar refractivity (Wildman–Crippen MR) is 76.0 cm³/mol. The molecule has 0 radical (unpaired) electrons. The van der Waals surface area contributed by atoms with Gasteiger partial charge in [0.15, 0.2) is 0 Å². The summed E-state index contributed by atoms with van der Waals surface area (Å²) in [5.41, 5.74) is 0. The fourth-order valence-corrected chi connectivity index (χ4v) is 3.06.